The molecule has 14 nitrogen and oxygen atoms in total. The van der Waals surface area contributed by atoms with Crippen molar-refractivity contribution in [2.24, 2.45) is 0 Å². The molecule has 0 radical (unpaired) electrons. The molecule has 1 aliphatic rings. The van der Waals surface area contributed by atoms with Crippen molar-refractivity contribution in [1.82, 2.24) is 39.6 Å². The Morgan fingerprint density at radius 1 is 1.12 bits per heavy atom. The number of hydrogen-bond acceptors (Lipinski definition) is 10. The third kappa shape index (κ3) is 6.69. The van der Waals surface area contributed by atoms with Gasteiger partial charge in [0.2, 0.25) is 0 Å². The Morgan fingerprint density at radius 3 is 2.69 bits per heavy atom. The second-order valence-corrected chi connectivity index (χ2v) is 12.4. The number of carbonyl (C=O) groups excluding carboxylic acids is 2. The minimum Gasteiger partial charge on any atom is -0.489 e. The fraction of sp³-hybridized carbons (Fsp3) is 0.375. The number of nitrogens with zero attached hydrogens (tertiary/aromatic N) is 8. The zero-order valence-electron chi connectivity index (χ0n) is 27.1. The Bertz CT molecular complexity index is 1990. The summed E-state index contributed by atoms with van der Waals surface area (Å²) in [5.74, 6) is -0.560. The number of benzene rings is 1. The van der Waals surface area contributed by atoms with Crippen LogP contribution in [0.25, 0.3) is 33.5 Å². The van der Waals surface area contributed by atoms with Gasteiger partial charge < -0.3 is 24.4 Å². The van der Waals surface area contributed by atoms with Gasteiger partial charge in [-0.2, -0.15) is 19.0 Å². The molecule has 2 amide bonds. The molecule has 0 fully saturated rings. The second kappa shape index (κ2) is 13.0. The molecule has 48 heavy (non-hydrogen) atoms. The molecule has 16 heteroatoms. The number of rotatable bonds is 9. The van der Waals surface area contributed by atoms with Crippen molar-refractivity contribution < 1.29 is 32.6 Å². The number of carbonyl (C=O) groups is 2. The van der Waals surface area contributed by atoms with Gasteiger partial charge in [0.05, 0.1) is 40.6 Å². The van der Waals surface area contributed by atoms with Crippen LogP contribution in [0.1, 0.15) is 37.7 Å². The molecule has 0 atom stereocenters. The fourth-order valence-electron chi connectivity index (χ4n) is 5.29. The standard InChI is InChI=1S/C32H35F2N9O5/c1-32(2,3)48-31(45)41-12-13-46-25-16-24(26(15-23(25)41)47-30(33)34)43-22-14-21(19-18-38-42-11-7-8-35-28(19)42)37-17-20(22)27(39-43)29(44)36-9-6-10-40(4)5/h7-8,11,14-18,30H,6,9-10,12-13H2,1-5H3,(H,36,44). The van der Waals surface area contributed by atoms with Crippen molar-refractivity contribution in [1.29, 1.82) is 0 Å². The topological polar surface area (TPSA) is 141 Å². The molecule has 0 saturated carbocycles. The number of aromatic nitrogens is 6. The van der Waals surface area contributed by atoms with E-state index in [2.05, 4.69) is 25.5 Å². The molecule has 0 unspecified atom stereocenters. The molecule has 5 heterocycles. The smallest absolute Gasteiger partial charge is 0.415 e. The average molecular weight is 664 g/mol. The SMILES string of the molecule is CN(C)CCCNC(=O)c1nn(-c2cc3c(cc2OC(F)F)N(C(=O)OC(C)(C)C)CCO3)c2cc(-c3cnn4cccnc34)ncc12. The minimum absolute atomic E-state index is 0.0314. The van der Waals surface area contributed by atoms with E-state index in [1.165, 1.54) is 27.9 Å². The normalized spacial score (nSPS) is 13.2. The summed E-state index contributed by atoms with van der Waals surface area (Å²) in [7, 11) is 3.88. The molecule has 252 valence electrons. The monoisotopic (exact) mass is 663 g/mol. The van der Waals surface area contributed by atoms with Crippen molar-refractivity contribution in [2.45, 2.75) is 39.4 Å². The number of halogens is 2. The Morgan fingerprint density at radius 2 is 1.94 bits per heavy atom. The number of hydrogen-bond donors (Lipinski definition) is 1. The molecule has 0 bridgehead atoms. The van der Waals surface area contributed by atoms with Crippen LogP contribution in [-0.2, 0) is 4.74 Å². The number of pyridine rings is 1. The summed E-state index contributed by atoms with van der Waals surface area (Å²) in [5.41, 5.74) is 1.44. The van der Waals surface area contributed by atoms with E-state index in [4.69, 9.17) is 14.2 Å². The first-order chi connectivity index (χ1) is 22.9. The summed E-state index contributed by atoms with van der Waals surface area (Å²) in [4.78, 5) is 38.9. The lowest BCUT2D eigenvalue weighted by Crippen LogP contribution is -2.41. The van der Waals surface area contributed by atoms with Gasteiger partial charge in [0.25, 0.3) is 5.91 Å². The van der Waals surface area contributed by atoms with Crippen molar-refractivity contribution in [3.05, 3.63) is 54.7 Å². The van der Waals surface area contributed by atoms with E-state index >= 15 is 0 Å². The molecular formula is C32H35F2N9O5. The number of ether oxygens (including phenoxy) is 3. The Kier molecular flexibility index (Phi) is 8.83. The molecule has 0 spiro atoms. The van der Waals surface area contributed by atoms with Gasteiger partial charge in [-0.15, -0.1) is 0 Å². The molecule has 1 N–H and O–H groups in total. The van der Waals surface area contributed by atoms with Crippen LogP contribution in [-0.4, -0.2) is 98.8 Å². The van der Waals surface area contributed by atoms with Crippen molar-refractivity contribution >= 4 is 34.2 Å². The summed E-state index contributed by atoms with van der Waals surface area (Å²) in [6.45, 7) is 3.36. The summed E-state index contributed by atoms with van der Waals surface area (Å²) >= 11 is 0. The Balaban J connectivity index is 1.50. The highest BCUT2D eigenvalue weighted by Gasteiger charge is 2.31. The number of fused-ring (bicyclic) bond motifs is 3. The molecule has 6 rings (SSSR count). The van der Waals surface area contributed by atoms with Crippen LogP contribution < -0.4 is 19.7 Å². The molecule has 0 saturated heterocycles. The first-order valence-electron chi connectivity index (χ1n) is 15.3. The van der Waals surface area contributed by atoms with E-state index in [1.54, 1.807) is 56.0 Å². The maximum atomic E-state index is 13.9. The second-order valence-electron chi connectivity index (χ2n) is 12.4. The molecule has 1 aromatic carbocycles. The third-order valence-electron chi connectivity index (χ3n) is 7.37. The Labute approximate surface area is 274 Å². The van der Waals surface area contributed by atoms with E-state index in [1.807, 2.05) is 19.0 Å². The van der Waals surface area contributed by atoms with Crippen LogP contribution in [0.2, 0.25) is 0 Å². The predicted octanol–water partition coefficient (Wildman–Crippen LogP) is 4.55. The fourth-order valence-corrected chi connectivity index (χ4v) is 5.29. The molecule has 0 aliphatic carbocycles. The number of nitrogens with one attached hydrogen (secondary N) is 1. The summed E-state index contributed by atoms with van der Waals surface area (Å²) in [6.07, 6.45) is 6.52. The van der Waals surface area contributed by atoms with Gasteiger partial charge in [0, 0.05) is 37.3 Å². The number of alkyl halides is 2. The third-order valence-corrected chi connectivity index (χ3v) is 7.37. The largest absolute Gasteiger partial charge is 0.489 e. The average Bonchev–Trinajstić information content (AvgIpc) is 3.63. The van der Waals surface area contributed by atoms with Gasteiger partial charge in [-0.3, -0.25) is 14.7 Å². The number of anilines is 1. The quantitative estimate of drug-likeness (QED) is 0.223. The van der Waals surface area contributed by atoms with Crippen molar-refractivity contribution in [2.75, 3.05) is 45.2 Å². The highest BCUT2D eigenvalue weighted by atomic mass is 19.3. The molecule has 1 aliphatic heterocycles. The lowest BCUT2D eigenvalue weighted by atomic mass is 10.1. The lowest BCUT2D eigenvalue weighted by Gasteiger charge is -2.32. The predicted molar refractivity (Wildman–Crippen MR) is 172 cm³/mol. The van der Waals surface area contributed by atoms with E-state index in [9.17, 15) is 18.4 Å². The summed E-state index contributed by atoms with van der Waals surface area (Å²) in [6, 6.07) is 6.15. The van der Waals surface area contributed by atoms with Gasteiger partial charge in [-0.1, -0.05) is 0 Å². The van der Waals surface area contributed by atoms with Crippen molar-refractivity contribution in [3.8, 4) is 28.4 Å². The van der Waals surface area contributed by atoms with Crippen LogP contribution in [0.4, 0.5) is 19.3 Å². The Hall–Kier alpha value is -5.38. The maximum absolute atomic E-state index is 13.9. The summed E-state index contributed by atoms with van der Waals surface area (Å²) in [5, 5.41) is 12.2. The van der Waals surface area contributed by atoms with Crippen LogP contribution >= 0.6 is 0 Å². The van der Waals surface area contributed by atoms with Gasteiger partial charge in [0.15, 0.2) is 17.1 Å². The summed E-state index contributed by atoms with van der Waals surface area (Å²) < 4.78 is 47.2. The lowest BCUT2D eigenvalue weighted by molar-refractivity contribution is -0.0499. The van der Waals surface area contributed by atoms with Crippen molar-refractivity contribution in [3.63, 3.8) is 0 Å². The van der Waals surface area contributed by atoms with Gasteiger partial charge >= 0.3 is 12.7 Å². The number of amides is 2. The highest BCUT2D eigenvalue weighted by Crippen LogP contribution is 2.42. The van der Waals surface area contributed by atoms with Crippen LogP contribution in [0, 0.1) is 0 Å². The highest BCUT2D eigenvalue weighted by molar-refractivity contribution is 6.06. The van der Waals surface area contributed by atoms with Crippen LogP contribution in [0.15, 0.2) is 49.1 Å². The zero-order valence-corrected chi connectivity index (χ0v) is 27.1. The maximum Gasteiger partial charge on any atom is 0.415 e. The van der Waals surface area contributed by atoms with E-state index in [-0.39, 0.29) is 41.7 Å². The minimum atomic E-state index is -3.22. The zero-order chi connectivity index (χ0) is 34.2. The van der Waals surface area contributed by atoms with E-state index < -0.39 is 24.2 Å². The first kappa shape index (κ1) is 32.6. The van der Waals surface area contributed by atoms with Crippen LogP contribution in [0.3, 0.4) is 0 Å². The van der Waals surface area contributed by atoms with Gasteiger partial charge in [-0.05, 0) is 60.0 Å². The molecule has 5 aromatic rings. The first-order valence-corrected chi connectivity index (χ1v) is 15.3. The molecule has 4 aromatic heterocycles. The van der Waals surface area contributed by atoms with E-state index in [0.717, 1.165) is 6.54 Å². The van der Waals surface area contributed by atoms with Crippen LogP contribution in [0.5, 0.6) is 11.5 Å². The van der Waals surface area contributed by atoms with Gasteiger partial charge in [0.1, 0.15) is 23.6 Å². The molecular weight excluding hydrogens is 628 g/mol. The van der Waals surface area contributed by atoms with Gasteiger partial charge in [-0.25, -0.2) is 19.0 Å². The van der Waals surface area contributed by atoms with E-state index in [0.29, 0.717) is 40.8 Å².